The van der Waals surface area contributed by atoms with E-state index in [2.05, 4.69) is 4.98 Å². The van der Waals surface area contributed by atoms with Crippen molar-refractivity contribution in [1.29, 1.82) is 0 Å². The Morgan fingerprint density at radius 1 is 1.38 bits per heavy atom. The van der Waals surface area contributed by atoms with Crippen LogP contribution in [0.25, 0.3) is 11.3 Å². The molecule has 0 unspecified atom stereocenters. The number of rotatable bonds is 4. The number of benzene rings is 1. The number of hydrogen-bond acceptors (Lipinski definition) is 6. The van der Waals surface area contributed by atoms with Crippen LogP contribution < -0.4 is 10.5 Å². The molecule has 1 aromatic heterocycles. The van der Waals surface area contributed by atoms with Gasteiger partial charge in [0.05, 0.1) is 10.6 Å². The molecule has 0 saturated heterocycles. The second kappa shape index (κ2) is 5.88. The van der Waals surface area contributed by atoms with E-state index in [1.807, 2.05) is 13.8 Å². The van der Waals surface area contributed by atoms with E-state index in [9.17, 15) is 14.9 Å². The summed E-state index contributed by atoms with van der Waals surface area (Å²) < 4.78 is 4.81. The van der Waals surface area contributed by atoms with Crippen molar-refractivity contribution in [2.75, 3.05) is 0 Å². The lowest BCUT2D eigenvalue weighted by Crippen LogP contribution is -2.15. The van der Waals surface area contributed by atoms with Gasteiger partial charge >= 0.3 is 6.09 Å². The number of ether oxygens (including phenoxy) is 1. The minimum atomic E-state index is -0.922. The monoisotopic (exact) mass is 307 g/mol. The van der Waals surface area contributed by atoms with E-state index in [1.54, 1.807) is 12.1 Å². The Labute approximate surface area is 124 Å². The third-order valence-corrected chi connectivity index (χ3v) is 3.93. The summed E-state index contributed by atoms with van der Waals surface area (Å²) >= 11 is 1.23. The number of nitrogens with two attached hydrogens (primary N) is 1. The molecule has 2 N–H and O–H groups in total. The molecule has 0 bridgehead atoms. The van der Waals surface area contributed by atoms with E-state index in [-0.39, 0.29) is 16.8 Å². The Morgan fingerprint density at radius 3 is 2.48 bits per heavy atom. The number of carbonyl (C=O) groups excluding carboxylic acids is 1. The second-order valence-electron chi connectivity index (χ2n) is 4.57. The molecule has 0 radical (unpaired) electrons. The van der Waals surface area contributed by atoms with Gasteiger partial charge in [-0.1, -0.05) is 25.2 Å². The molecule has 0 aliphatic carbocycles. The molecule has 110 valence electrons. The molecule has 7 nitrogen and oxygen atoms in total. The zero-order valence-corrected chi connectivity index (χ0v) is 12.2. The lowest BCUT2D eigenvalue weighted by atomic mass is 10.1. The maximum Gasteiger partial charge on any atom is 0.411 e. The quantitative estimate of drug-likeness (QED) is 0.688. The van der Waals surface area contributed by atoms with Crippen molar-refractivity contribution in [1.82, 2.24) is 4.98 Å². The van der Waals surface area contributed by atoms with Gasteiger partial charge in [-0.15, -0.1) is 0 Å². The van der Waals surface area contributed by atoms with Crippen molar-refractivity contribution in [3.63, 3.8) is 0 Å². The van der Waals surface area contributed by atoms with Crippen molar-refractivity contribution < 1.29 is 14.5 Å². The topological polar surface area (TPSA) is 108 Å². The van der Waals surface area contributed by atoms with Crippen molar-refractivity contribution in [3.05, 3.63) is 39.3 Å². The lowest BCUT2D eigenvalue weighted by Gasteiger charge is -2.04. The molecule has 21 heavy (non-hydrogen) atoms. The van der Waals surface area contributed by atoms with Crippen LogP contribution in [0.1, 0.15) is 24.6 Å². The van der Waals surface area contributed by atoms with Crippen molar-refractivity contribution >= 4 is 23.1 Å². The molecule has 8 heteroatoms. The Bertz CT molecular complexity index is 679. The number of thiazole rings is 1. The number of nitro groups is 1. The largest absolute Gasteiger partial charge is 0.411 e. The summed E-state index contributed by atoms with van der Waals surface area (Å²) in [7, 11) is 0. The fourth-order valence-corrected chi connectivity index (χ4v) is 2.73. The first kappa shape index (κ1) is 14.9. The number of aromatic nitrogens is 1. The Balaban J connectivity index is 2.43. The van der Waals surface area contributed by atoms with Crippen molar-refractivity contribution in [3.8, 4) is 16.5 Å². The third-order valence-electron chi connectivity index (χ3n) is 2.70. The maximum absolute atomic E-state index is 10.8. The number of primary amides is 1. The van der Waals surface area contributed by atoms with Gasteiger partial charge in [0, 0.05) is 22.6 Å². The van der Waals surface area contributed by atoms with Crippen molar-refractivity contribution in [2.45, 2.75) is 19.8 Å². The summed E-state index contributed by atoms with van der Waals surface area (Å²) in [5, 5.41) is 10.8. The van der Waals surface area contributed by atoms with E-state index >= 15 is 0 Å². The van der Waals surface area contributed by atoms with E-state index in [0.717, 1.165) is 10.4 Å². The first-order valence-corrected chi connectivity index (χ1v) is 6.93. The van der Waals surface area contributed by atoms with Crippen LogP contribution in [-0.4, -0.2) is 16.0 Å². The molecule has 1 amide bonds. The molecule has 1 heterocycles. The first-order chi connectivity index (χ1) is 9.88. The number of non-ortho nitro benzene ring substituents is 1. The number of carbonyl (C=O) groups is 1. The highest BCUT2D eigenvalue weighted by Gasteiger charge is 2.18. The van der Waals surface area contributed by atoms with E-state index in [0.29, 0.717) is 5.69 Å². The zero-order chi connectivity index (χ0) is 15.6. The molecule has 0 saturated carbocycles. The SMILES string of the molecule is CC(C)c1sc(OC(N)=O)nc1-c1ccc([N+](=O)[O-])cc1. The van der Waals surface area contributed by atoms with Gasteiger partial charge in [-0.25, -0.2) is 9.78 Å². The summed E-state index contributed by atoms with van der Waals surface area (Å²) in [5.41, 5.74) is 6.35. The number of nitrogens with zero attached hydrogens (tertiary/aromatic N) is 2. The van der Waals surface area contributed by atoms with Crippen LogP contribution in [0.15, 0.2) is 24.3 Å². The molecular weight excluding hydrogens is 294 g/mol. The Hall–Kier alpha value is -2.48. The molecular formula is C13H13N3O4S. The van der Waals surface area contributed by atoms with Gasteiger partial charge in [0.1, 0.15) is 0 Å². The highest BCUT2D eigenvalue weighted by molar-refractivity contribution is 7.14. The number of hydrogen-bond donors (Lipinski definition) is 1. The second-order valence-corrected chi connectivity index (χ2v) is 5.57. The highest BCUT2D eigenvalue weighted by Crippen LogP contribution is 2.37. The van der Waals surface area contributed by atoms with Gasteiger partial charge in [-0.2, -0.15) is 0 Å². The summed E-state index contributed by atoms with van der Waals surface area (Å²) in [4.78, 5) is 26.2. The van der Waals surface area contributed by atoms with Crippen LogP contribution in [0.4, 0.5) is 10.5 Å². The molecule has 0 fully saturated rings. The fourth-order valence-electron chi connectivity index (χ4n) is 1.78. The summed E-state index contributed by atoms with van der Waals surface area (Å²) in [5.74, 6) is 0.165. The van der Waals surface area contributed by atoms with Gasteiger partial charge in [0.15, 0.2) is 0 Å². The van der Waals surface area contributed by atoms with Crippen LogP contribution in [0.5, 0.6) is 5.19 Å². The van der Waals surface area contributed by atoms with E-state index in [1.165, 1.54) is 23.5 Å². The molecule has 0 aliphatic rings. The van der Waals surface area contributed by atoms with Gasteiger partial charge < -0.3 is 10.5 Å². The minimum absolute atomic E-state index is 0.00804. The normalized spacial score (nSPS) is 10.6. The van der Waals surface area contributed by atoms with Crippen LogP contribution >= 0.6 is 11.3 Å². The van der Waals surface area contributed by atoms with E-state index in [4.69, 9.17) is 10.5 Å². The van der Waals surface area contributed by atoms with Crippen LogP contribution in [0, 0.1) is 10.1 Å². The van der Waals surface area contributed by atoms with Gasteiger partial charge in [-0.3, -0.25) is 10.1 Å². The highest BCUT2D eigenvalue weighted by atomic mass is 32.1. The van der Waals surface area contributed by atoms with Gasteiger partial charge in [0.25, 0.3) is 10.9 Å². The lowest BCUT2D eigenvalue weighted by molar-refractivity contribution is -0.384. The van der Waals surface area contributed by atoms with Gasteiger partial charge in [-0.05, 0) is 18.1 Å². The minimum Gasteiger partial charge on any atom is -0.381 e. The average Bonchev–Trinajstić information content (AvgIpc) is 2.82. The Kier molecular flexibility index (Phi) is 4.18. The predicted molar refractivity (Wildman–Crippen MR) is 78.5 cm³/mol. The molecule has 2 rings (SSSR count). The van der Waals surface area contributed by atoms with Crippen LogP contribution in [0.3, 0.4) is 0 Å². The molecule has 1 aromatic carbocycles. The molecule has 0 atom stereocenters. The predicted octanol–water partition coefficient (Wildman–Crippen LogP) is 3.30. The number of amides is 1. The zero-order valence-electron chi connectivity index (χ0n) is 11.4. The maximum atomic E-state index is 10.8. The average molecular weight is 307 g/mol. The summed E-state index contributed by atoms with van der Waals surface area (Å²) in [6, 6.07) is 6.06. The van der Waals surface area contributed by atoms with E-state index < -0.39 is 11.0 Å². The molecule has 2 aromatic rings. The summed E-state index contributed by atoms with van der Waals surface area (Å²) in [6.07, 6.45) is -0.922. The smallest absolute Gasteiger partial charge is 0.381 e. The Morgan fingerprint density at radius 2 is 2.00 bits per heavy atom. The fraction of sp³-hybridized carbons (Fsp3) is 0.231. The van der Waals surface area contributed by atoms with Crippen molar-refractivity contribution in [2.24, 2.45) is 5.73 Å². The molecule has 0 aliphatic heterocycles. The first-order valence-electron chi connectivity index (χ1n) is 6.11. The summed E-state index contributed by atoms with van der Waals surface area (Å²) in [6.45, 7) is 3.97. The van der Waals surface area contributed by atoms with Crippen LogP contribution in [0.2, 0.25) is 0 Å². The third kappa shape index (κ3) is 3.34. The standard InChI is InChI=1S/C13H13N3O4S/c1-7(2)11-10(15-13(21-11)20-12(14)17)8-3-5-9(6-4-8)16(18)19/h3-7H,1-2H3,(H2,14,17). The molecule has 0 spiro atoms. The number of nitro benzene ring substituents is 1. The van der Waals surface area contributed by atoms with Gasteiger partial charge in [0.2, 0.25) is 0 Å². The van der Waals surface area contributed by atoms with Crippen LogP contribution in [-0.2, 0) is 0 Å².